The summed E-state index contributed by atoms with van der Waals surface area (Å²) in [6.45, 7) is 0.0321. The Hall–Kier alpha value is -2.21. The first kappa shape index (κ1) is 27.4. The average molecular weight is 534 g/mol. The largest absolute Gasteiger partial charge is 0.396 e. The van der Waals surface area contributed by atoms with Crippen LogP contribution in [0.5, 0.6) is 0 Å². The molecule has 0 aliphatic heterocycles. The number of aliphatic hydroxyl groups is 2. The summed E-state index contributed by atoms with van der Waals surface area (Å²) in [5, 5.41) is 26.1. The van der Waals surface area contributed by atoms with Gasteiger partial charge < -0.3 is 10.2 Å². The molecule has 4 radical (unpaired) electrons. The molecular weight excluding hydrogens is 500 g/mol. The summed E-state index contributed by atoms with van der Waals surface area (Å²) in [5.41, 5.74) is 0.0363. The predicted octanol–water partition coefficient (Wildman–Crippen LogP) is 4.24. The highest BCUT2D eigenvalue weighted by atomic mass is 31.2. The second-order valence-electron chi connectivity index (χ2n) is 10.4. The van der Waals surface area contributed by atoms with E-state index in [2.05, 4.69) is 97.1 Å². The number of rotatable bonds is 9. The monoisotopic (exact) mass is 534 g/mol. The Morgan fingerprint density at radius 2 is 1.00 bits per heavy atom. The minimum absolute atomic E-state index is 0.0321. The Morgan fingerprint density at radius 1 is 0.605 bits per heavy atom. The van der Waals surface area contributed by atoms with Crippen LogP contribution in [0.1, 0.15) is 12.8 Å². The van der Waals surface area contributed by atoms with Crippen molar-refractivity contribution in [1.29, 1.82) is 0 Å². The van der Waals surface area contributed by atoms with Gasteiger partial charge >= 0.3 is 15.1 Å². The second-order valence-corrected chi connectivity index (χ2v) is 16.8. The van der Waals surface area contributed by atoms with Crippen LogP contribution in [0.4, 0.5) is 0 Å². The minimum atomic E-state index is -2.42. The van der Waals surface area contributed by atoms with Crippen molar-refractivity contribution in [1.82, 2.24) is 0 Å². The molecule has 0 spiro atoms. The molecule has 1 aliphatic rings. The molecule has 38 heavy (non-hydrogen) atoms. The van der Waals surface area contributed by atoms with Crippen LogP contribution in [-0.4, -0.2) is 49.9 Å². The number of benzene rings is 4. The van der Waals surface area contributed by atoms with Crippen molar-refractivity contribution >= 4 is 50.6 Å². The molecule has 1 fully saturated rings. The van der Waals surface area contributed by atoms with E-state index >= 15 is 0 Å². The molecular formula is C32H34B2O2P2+2. The molecule has 0 bridgehead atoms. The quantitative estimate of drug-likeness (QED) is 0.249. The lowest BCUT2D eigenvalue weighted by atomic mass is 9.93. The molecule has 4 atom stereocenters. The predicted molar refractivity (Wildman–Crippen MR) is 168 cm³/mol. The summed E-state index contributed by atoms with van der Waals surface area (Å²) in [4.78, 5) is 0. The third-order valence-corrected chi connectivity index (χ3v) is 15.7. The third kappa shape index (κ3) is 5.17. The Balaban J connectivity index is 1.67. The van der Waals surface area contributed by atoms with Crippen molar-refractivity contribution in [3.8, 4) is 0 Å². The van der Waals surface area contributed by atoms with E-state index in [4.69, 9.17) is 15.1 Å². The molecule has 5 rings (SSSR count). The zero-order valence-corrected chi connectivity index (χ0v) is 23.4. The van der Waals surface area contributed by atoms with Gasteiger partial charge in [0, 0.05) is 33.2 Å². The maximum atomic E-state index is 11.5. The standard InChI is InChI=1S/C32H34B2O2P2/c33-37(25-13-5-1-6-14-25,26-15-7-2-8-16-26)24-30-29(21-22-35)31(36)23-32(30)38(34,27-17-9-3-10-18-27)28-19-11-4-12-20-28/h1-20,29-32,35-36H,21-24H2/q+2/t29-,30-,31+,32+/m1/s1. The zero-order chi connectivity index (χ0) is 26.6. The number of hydrogen-bond acceptors (Lipinski definition) is 2. The van der Waals surface area contributed by atoms with Gasteiger partial charge in [-0.05, 0) is 60.9 Å². The van der Waals surface area contributed by atoms with Gasteiger partial charge in [-0.2, -0.15) is 0 Å². The zero-order valence-electron chi connectivity index (χ0n) is 21.6. The first-order valence-corrected chi connectivity index (χ1v) is 17.3. The fourth-order valence-corrected chi connectivity index (χ4v) is 13.8. The van der Waals surface area contributed by atoms with Gasteiger partial charge in [0.05, 0.1) is 39.1 Å². The van der Waals surface area contributed by atoms with Crippen molar-refractivity contribution in [2.75, 3.05) is 12.8 Å². The van der Waals surface area contributed by atoms with E-state index in [1.54, 1.807) is 0 Å². The summed E-state index contributed by atoms with van der Waals surface area (Å²) in [6.07, 6.45) is 1.33. The fourth-order valence-electron chi connectivity index (χ4n) is 6.41. The third-order valence-electron chi connectivity index (χ3n) is 8.31. The highest BCUT2D eigenvalue weighted by Crippen LogP contribution is 2.67. The molecule has 188 valence electrons. The van der Waals surface area contributed by atoms with Crippen LogP contribution < -0.4 is 21.2 Å². The smallest absolute Gasteiger partial charge is 0.377 e. The molecule has 2 nitrogen and oxygen atoms in total. The molecule has 2 N–H and O–H groups in total. The van der Waals surface area contributed by atoms with Gasteiger partial charge in [0.2, 0.25) is 0 Å². The topological polar surface area (TPSA) is 40.5 Å². The van der Waals surface area contributed by atoms with E-state index in [9.17, 15) is 10.2 Å². The lowest BCUT2D eigenvalue weighted by Gasteiger charge is -2.37. The molecule has 6 heteroatoms. The highest BCUT2D eigenvalue weighted by Gasteiger charge is 2.59. The molecule has 0 unspecified atom stereocenters. The summed E-state index contributed by atoms with van der Waals surface area (Å²) in [6, 6.07) is 41.7. The van der Waals surface area contributed by atoms with E-state index in [1.165, 1.54) is 0 Å². The van der Waals surface area contributed by atoms with Crippen molar-refractivity contribution in [2.45, 2.75) is 24.6 Å². The van der Waals surface area contributed by atoms with Gasteiger partial charge in [0.25, 0.3) is 0 Å². The van der Waals surface area contributed by atoms with E-state index in [0.29, 0.717) is 12.8 Å². The van der Waals surface area contributed by atoms with Crippen molar-refractivity contribution in [3.63, 3.8) is 0 Å². The fraction of sp³-hybridized carbons (Fsp3) is 0.250. The van der Waals surface area contributed by atoms with Gasteiger partial charge in [-0.25, -0.2) is 0 Å². The van der Waals surface area contributed by atoms with Crippen molar-refractivity contribution in [3.05, 3.63) is 121 Å². The maximum absolute atomic E-state index is 11.5. The maximum Gasteiger partial charge on any atom is 0.377 e. The van der Waals surface area contributed by atoms with Gasteiger partial charge in [-0.3, -0.25) is 0 Å². The second kappa shape index (κ2) is 11.9. The van der Waals surface area contributed by atoms with Crippen molar-refractivity contribution in [2.24, 2.45) is 11.8 Å². The molecule has 4 aromatic rings. The van der Waals surface area contributed by atoms with Gasteiger partial charge in [-0.1, -0.05) is 72.8 Å². The van der Waals surface area contributed by atoms with Crippen molar-refractivity contribution < 1.29 is 10.2 Å². The normalized spacial score (nSPS) is 21.8. The Kier molecular flexibility index (Phi) is 8.56. The molecule has 1 aliphatic carbocycles. The van der Waals surface area contributed by atoms with E-state index in [-0.39, 0.29) is 24.1 Å². The van der Waals surface area contributed by atoms with Gasteiger partial charge in [0.1, 0.15) is 0 Å². The van der Waals surface area contributed by atoms with E-state index < -0.39 is 20.4 Å². The van der Waals surface area contributed by atoms with Crippen LogP contribution in [0.25, 0.3) is 0 Å². The SMILES string of the molecule is [B][P+](C[C@@H]1[C@@H](CCO)[C@@H](O)C[C@@H]1[P+]([B])(c1ccccc1)c1ccccc1)(c1ccccc1)c1ccccc1. The van der Waals surface area contributed by atoms with Crippen LogP contribution in [0.15, 0.2) is 121 Å². The summed E-state index contributed by atoms with van der Waals surface area (Å²) in [7, 11) is 10.5. The van der Waals surface area contributed by atoms with E-state index in [0.717, 1.165) is 27.4 Å². The van der Waals surface area contributed by atoms with Gasteiger partial charge in [0.15, 0.2) is 0 Å². The molecule has 0 aromatic heterocycles. The summed E-state index contributed by atoms with van der Waals surface area (Å²) in [5.74, 6) is -0.0228. The Bertz CT molecular complexity index is 1210. The molecule has 1 saturated carbocycles. The number of hydrogen-bond donors (Lipinski definition) is 2. The molecule has 0 heterocycles. The van der Waals surface area contributed by atoms with Crippen LogP contribution in [0.3, 0.4) is 0 Å². The summed E-state index contributed by atoms with van der Waals surface area (Å²) < 4.78 is 0. The highest BCUT2D eigenvalue weighted by molar-refractivity contribution is 8.09. The Morgan fingerprint density at radius 3 is 1.39 bits per heavy atom. The van der Waals surface area contributed by atoms with E-state index in [1.807, 2.05) is 24.3 Å². The molecule has 4 aromatic carbocycles. The lowest BCUT2D eigenvalue weighted by molar-refractivity contribution is 0.100. The van der Waals surface area contributed by atoms with Crippen LogP contribution in [-0.2, 0) is 0 Å². The molecule has 0 saturated heterocycles. The van der Waals surface area contributed by atoms with Crippen LogP contribution in [0, 0.1) is 11.8 Å². The Labute approximate surface area is 230 Å². The van der Waals surface area contributed by atoms with Crippen LogP contribution in [0.2, 0.25) is 0 Å². The summed E-state index contributed by atoms with van der Waals surface area (Å²) >= 11 is 0. The number of aliphatic hydroxyl groups excluding tert-OH is 2. The van der Waals surface area contributed by atoms with Gasteiger partial charge in [-0.15, -0.1) is 0 Å². The lowest BCUT2D eigenvalue weighted by Crippen LogP contribution is -2.39. The average Bonchev–Trinajstić information content (AvgIpc) is 3.29. The van der Waals surface area contributed by atoms with Crippen LogP contribution >= 0.6 is 14.3 Å². The minimum Gasteiger partial charge on any atom is -0.396 e. The first-order chi connectivity index (χ1) is 18.5. The molecule has 0 amide bonds. The first-order valence-electron chi connectivity index (χ1n) is 13.3.